The standard InChI is InChI=1S/C17H22N2O2/c1-12-7-9-14(10-8-12)19-16(20)11-15(17(19)21)18-13-5-3-2-4-6-13/h7-10,13,15,18H,2-6,11H2,1H3/t15-/m1/s1. The molecule has 0 spiro atoms. The average molecular weight is 286 g/mol. The molecule has 1 saturated carbocycles. The first-order chi connectivity index (χ1) is 10.1. The van der Waals surface area contributed by atoms with Crippen LogP contribution in [-0.4, -0.2) is 23.9 Å². The Balaban J connectivity index is 1.71. The van der Waals surface area contributed by atoms with Gasteiger partial charge in [0.25, 0.3) is 5.91 Å². The molecule has 112 valence electrons. The smallest absolute Gasteiger partial charge is 0.251 e. The van der Waals surface area contributed by atoms with Gasteiger partial charge in [-0.1, -0.05) is 37.0 Å². The van der Waals surface area contributed by atoms with Gasteiger partial charge in [0.15, 0.2) is 0 Å². The molecular formula is C17H22N2O2. The molecule has 2 fully saturated rings. The first-order valence-corrected chi connectivity index (χ1v) is 7.84. The van der Waals surface area contributed by atoms with Crippen LogP contribution in [0.5, 0.6) is 0 Å². The molecule has 1 aliphatic heterocycles. The summed E-state index contributed by atoms with van der Waals surface area (Å²) in [7, 11) is 0. The molecule has 1 heterocycles. The third kappa shape index (κ3) is 3.00. The molecule has 4 nitrogen and oxygen atoms in total. The van der Waals surface area contributed by atoms with E-state index >= 15 is 0 Å². The van der Waals surface area contributed by atoms with E-state index in [1.54, 1.807) is 0 Å². The fraction of sp³-hybridized carbons (Fsp3) is 0.529. The number of hydrogen-bond acceptors (Lipinski definition) is 3. The summed E-state index contributed by atoms with van der Waals surface area (Å²) in [6.07, 6.45) is 6.22. The van der Waals surface area contributed by atoms with E-state index in [0.717, 1.165) is 18.4 Å². The Hall–Kier alpha value is -1.68. The number of aryl methyl sites for hydroxylation is 1. The SMILES string of the molecule is Cc1ccc(N2C(=O)C[C@@H](NC3CCCCC3)C2=O)cc1. The number of carbonyl (C=O) groups is 2. The van der Waals surface area contributed by atoms with Gasteiger partial charge >= 0.3 is 0 Å². The van der Waals surface area contributed by atoms with Crippen LogP contribution in [0.4, 0.5) is 5.69 Å². The summed E-state index contributed by atoms with van der Waals surface area (Å²) in [4.78, 5) is 26.0. The lowest BCUT2D eigenvalue weighted by Gasteiger charge is -2.25. The molecule has 2 amide bonds. The Morgan fingerprint density at radius 3 is 2.38 bits per heavy atom. The van der Waals surface area contributed by atoms with Gasteiger partial charge in [0, 0.05) is 6.04 Å². The number of benzene rings is 1. The Morgan fingerprint density at radius 2 is 1.71 bits per heavy atom. The highest BCUT2D eigenvalue weighted by atomic mass is 16.2. The van der Waals surface area contributed by atoms with Crippen LogP contribution >= 0.6 is 0 Å². The normalized spacial score (nSPS) is 23.9. The molecule has 1 saturated heterocycles. The monoisotopic (exact) mass is 286 g/mol. The van der Waals surface area contributed by atoms with Crippen LogP contribution in [0.1, 0.15) is 44.1 Å². The lowest BCUT2D eigenvalue weighted by Crippen LogP contribution is -2.44. The second-order valence-electron chi connectivity index (χ2n) is 6.16. The highest BCUT2D eigenvalue weighted by Crippen LogP contribution is 2.25. The summed E-state index contributed by atoms with van der Waals surface area (Å²) in [5, 5.41) is 3.40. The molecule has 0 unspecified atom stereocenters. The van der Waals surface area contributed by atoms with Crippen LogP contribution < -0.4 is 10.2 Å². The number of rotatable bonds is 3. The van der Waals surface area contributed by atoms with Gasteiger partial charge in [0.2, 0.25) is 5.91 Å². The van der Waals surface area contributed by atoms with E-state index < -0.39 is 0 Å². The number of amides is 2. The molecular weight excluding hydrogens is 264 g/mol. The lowest BCUT2D eigenvalue weighted by atomic mass is 9.95. The van der Waals surface area contributed by atoms with Crippen molar-refractivity contribution >= 4 is 17.5 Å². The summed E-state index contributed by atoms with van der Waals surface area (Å²) in [5.41, 5.74) is 1.80. The highest BCUT2D eigenvalue weighted by Gasteiger charge is 2.40. The zero-order chi connectivity index (χ0) is 14.8. The Bertz CT molecular complexity index is 532. The van der Waals surface area contributed by atoms with Gasteiger partial charge in [-0.15, -0.1) is 0 Å². The minimum absolute atomic E-state index is 0.0998. The van der Waals surface area contributed by atoms with Crippen molar-refractivity contribution in [1.82, 2.24) is 5.32 Å². The second-order valence-corrected chi connectivity index (χ2v) is 6.16. The van der Waals surface area contributed by atoms with Crippen LogP contribution in [0.25, 0.3) is 0 Å². The van der Waals surface area contributed by atoms with Crippen molar-refractivity contribution in [1.29, 1.82) is 0 Å². The summed E-state index contributed by atoms with van der Waals surface area (Å²) in [6.45, 7) is 1.99. The Morgan fingerprint density at radius 1 is 1.05 bits per heavy atom. The molecule has 0 bridgehead atoms. The van der Waals surface area contributed by atoms with Crippen molar-refractivity contribution in [2.24, 2.45) is 0 Å². The summed E-state index contributed by atoms with van der Waals surface area (Å²) >= 11 is 0. The van der Waals surface area contributed by atoms with Gasteiger partial charge in [-0.25, -0.2) is 4.90 Å². The van der Waals surface area contributed by atoms with Crippen molar-refractivity contribution < 1.29 is 9.59 Å². The molecule has 0 aromatic heterocycles. The largest absolute Gasteiger partial charge is 0.303 e. The molecule has 4 heteroatoms. The maximum atomic E-state index is 12.5. The predicted molar refractivity (Wildman–Crippen MR) is 82.1 cm³/mol. The van der Waals surface area contributed by atoms with Crippen molar-refractivity contribution in [3.8, 4) is 0 Å². The maximum Gasteiger partial charge on any atom is 0.251 e. The van der Waals surface area contributed by atoms with Gasteiger partial charge < -0.3 is 5.32 Å². The van der Waals surface area contributed by atoms with Crippen LogP contribution in [0, 0.1) is 6.92 Å². The van der Waals surface area contributed by atoms with E-state index in [2.05, 4.69) is 5.32 Å². The fourth-order valence-corrected chi connectivity index (χ4v) is 3.28. The molecule has 1 aromatic rings. The predicted octanol–water partition coefficient (Wildman–Crippen LogP) is 2.55. The average Bonchev–Trinajstić information content (AvgIpc) is 2.76. The zero-order valence-corrected chi connectivity index (χ0v) is 12.5. The Kier molecular flexibility index (Phi) is 4.06. The van der Waals surface area contributed by atoms with Crippen LogP contribution in [-0.2, 0) is 9.59 Å². The van der Waals surface area contributed by atoms with Crippen molar-refractivity contribution in [2.75, 3.05) is 4.90 Å². The molecule has 3 rings (SSSR count). The molecule has 21 heavy (non-hydrogen) atoms. The van der Waals surface area contributed by atoms with E-state index in [1.165, 1.54) is 24.2 Å². The zero-order valence-electron chi connectivity index (χ0n) is 12.5. The second kappa shape index (κ2) is 5.98. The summed E-state index contributed by atoms with van der Waals surface area (Å²) in [5.74, 6) is -0.202. The van der Waals surface area contributed by atoms with E-state index in [0.29, 0.717) is 11.7 Å². The molecule has 1 aromatic carbocycles. The van der Waals surface area contributed by atoms with Crippen LogP contribution in [0.2, 0.25) is 0 Å². The number of anilines is 1. The van der Waals surface area contributed by atoms with Gasteiger partial charge in [0.1, 0.15) is 0 Å². The number of hydrogen-bond donors (Lipinski definition) is 1. The first-order valence-electron chi connectivity index (χ1n) is 7.84. The van der Waals surface area contributed by atoms with E-state index in [9.17, 15) is 9.59 Å². The topological polar surface area (TPSA) is 49.4 Å². The quantitative estimate of drug-likeness (QED) is 0.869. The first kappa shape index (κ1) is 14.3. The minimum atomic E-state index is -0.345. The summed E-state index contributed by atoms with van der Waals surface area (Å²) in [6, 6.07) is 7.58. The van der Waals surface area contributed by atoms with E-state index in [-0.39, 0.29) is 24.3 Å². The van der Waals surface area contributed by atoms with Crippen LogP contribution in [0.15, 0.2) is 24.3 Å². The van der Waals surface area contributed by atoms with Crippen molar-refractivity contribution in [3.05, 3.63) is 29.8 Å². The summed E-state index contributed by atoms with van der Waals surface area (Å²) < 4.78 is 0. The van der Waals surface area contributed by atoms with E-state index in [1.807, 2.05) is 31.2 Å². The van der Waals surface area contributed by atoms with Gasteiger partial charge in [0.05, 0.1) is 18.2 Å². The number of nitrogens with one attached hydrogen (secondary N) is 1. The fourth-order valence-electron chi connectivity index (χ4n) is 3.28. The van der Waals surface area contributed by atoms with Gasteiger partial charge in [-0.05, 0) is 31.9 Å². The molecule has 2 aliphatic rings. The highest BCUT2D eigenvalue weighted by molar-refractivity contribution is 6.22. The van der Waals surface area contributed by atoms with E-state index in [4.69, 9.17) is 0 Å². The molecule has 1 N–H and O–H groups in total. The number of imide groups is 1. The third-order valence-corrected chi connectivity index (χ3v) is 4.48. The number of nitrogens with zero attached hydrogens (tertiary/aromatic N) is 1. The number of carbonyl (C=O) groups excluding carboxylic acids is 2. The van der Waals surface area contributed by atoms with Crippen molar-refractivity contribution in [3.63, 3.8) is 0 Å². The van der Waals surface area contributed by atoms with Crippen LogP contribution in [0.3, 0.4) is 0 Å². The minimum Gasteiger partial charge on any atom is -0.303 e. The van der Waals surface area contributed by atoms with Gasteiger partial charge in [-0.2, -0.15) is 0 Å². The lowest BCUT2D eigenvalue weighted by molar-refractivity contribution is -0.121. The van der Waals surface area contributed by atoms with Gasteiger partial charge in [-0.3, -0.25) is 9.59 Å². The molecule has 1 aliphatic carbocycles. The molecule has 1 atom stereocenters. The maximum absolute atomic E-state index is 12.5. The Labute approximate surface area is 125 Å². The van der Waals surface area contributed by atoms with Crippen molar-refractivity contribution in [2.45, 2.75) is 57.5 Å². The molecule has 0 radical (unpaired) electrons. The third-order valence-electron chi connectivity index (χ3n) is 4.48.